The minimum Gasteiger partial charge on any atom is -0.494 e. The number of amides is 1. The van der Waals surface area contributed by atoms with Crippen molar-refractivity contribution in [2.75, 3.05) is 13.7 Å². The fourth-order valence-corrected chi connectivity index (χ4v) is 2.70. The number of hydrogen-bond donors (Lipinski definition) is 0. The molecule has 0 N–H and O–H groups in total. The third kappa shape index (κ3) is 2.91. The minimum atomic E-state index is -0.372. The van der Waals surface area contributed by atoms with Crippen LogP contribution in [0.1, 0.15) is 18.9 Å². The van der Waals surface area contributed by atoms with Gasteiger partial charge in [0.25, 0.3) is 0 Å². The van der Waals surface area contributed by atoms with Gasteiger partial charge in [-0.25, -0.2) is 4.39 Å². The Bertz CT molecular complexity index is 530. The van der Waals surface area contributed by atoms with Crippen LogP contribution in [0, 0.1) is 5.82 Å². The molecule has 0 spiro atoms. The van der Waals surface area contributed by atoms with Crippen LogP contribution in [0.25, 0.3) is 5.70 Å². The standard InChI is InChI=1S/C14H15FINO2/c1-3-19-9-4-5-10(11(15)8-9)13-7-6-12(16)14(18)17(13)2/h4-5,7-8,12H,3,6H2,1-2H3. The largest absolute Gasteiger partial charge is 0.494 e. The van der Waals surface area contributed by atoms with Gasteiger partial charge in [-0.15, -0.1) is 0 Å². The Balaban J connectivity index is 2.34. The molecule has 3 nitrogen and oxygen atoms in total. The minimum absolute atomic E-state index is 0.00591. The zero-order valence-corrected chi connectivity index (χ0v) is 13.0. The molecule has 0 saturated heterocycles. The second-order valence-electron chi connectivity index (χ2n) is 4.26. The number of rotatable bonds is 3. The number of alkyl halides is 1. The molecule has 0 aliphatic carbocycles. The topological polar surface area (TPSA) is 29.5 Å². The smallest absolute Gasteiger partial charge is 0.240 e. The normalized spacial score (nSPS) is 19.4. The van der Waals surface area contributed by atoms with Gasteiger partial charge in [0.05, 0.1) is 10.5 Å². The maximum absolute atomic E-state index is 14.1. The Morgan fingerprint density at radius 1 is 1.53 bits per heavy atom. The Morgan fingerprint density at radius 2 is 2.26 bits per heavy atom. The van der Waals surface area contributed by atoms with Crippen molar-refractivity contribution in [3.05, 3.63) is 35.7 Å². The van der Waals surface area contributed by atoms with Crippen molar-refractivity contribution < 1.29 is 13.9 Å². The van der Waals surface area contributed by atoms with Crippen molar-refractivity contribution in [1.29, 1.82) is 0 Å². The van der Waals surface area contributed by atoms with Gasteiger partial charge in [0.15, 0.2) is 0 Å². The number of hydrogen-bond acceptors (Lipinski definition) is 2. The van der Waals surface area contributed by atoms with E-state index in [0.717, 1.165) is 0 Å². The van der Waals surface area contributed by atoms with Crippen LogP contribution in [-0.2, 0) is 4.79 Å². The molecule has 0 aromatic heterocycles. The molecule has 1 heterocycles. The maximum Gasteiger partial charge on any atom is 0.240 e. The van der Waals surface area contributed by atoms with Gasteiger partial charge < -0.3 is 9.64 Å². The summed E-state index contributed by atoms with van der Waals surface area (Å²) in [7, 11) is 1.68. The van der Waals surface area contributed by atoms with Crippen molar-refractivity contribution in [2.45, 2.75) is 17.3 Å². The van der Waals surface area contributed by atoms with Crippen LogP contribution in [0.3, 0.4) is 0 Å². The van der Waals surface area contributed by atoms with E-state index in [4.69, 9.17) is 4.74 Å². The molecule has 1 aliphatic rings. The molecule has 1 amide bonds. The van der Waals surface area contributed by atoms with E-state index in [2.05, 4.69) is 22.6 Å². The van der Waals surface area contributed by atoms with Crippen LogP contribution in [0.4, 0.5) is 4.39 Å². The molecular weight excluding hydrogens is 360 g/mol. The summed E-state index contributed by atoms with van der Waals surface area (Å²) in [5, 5.41) is 0. The summed E-state index contributed by atoms with van der Waals surface area (Å²) < 4.78 is 19.3. The van der Waals surface area contributed by atoms with E-state index >= 15 is 0 Å². The third-order valence-corrected chi connectivity index (χ3v) is 4.05. The van der Waals surface area contributed by atoms with Gasteiger partial charge in [0.1, 0.15) is 11.6 Å². The van der Waals surface area contributed by atoms with E-state index in [1.54, 1.807) is 19.2 Å². The highest BCUT2D eigenvalue weighted by Gasteiger charge is 2.27. The average Bonchev–Trinajstić information content (AvgIpc) is 2.38. The number of ether oxygens (including phenoxy) is 1. The lowest BCUT2D eigenvalue weighted by atomic mass is 10.0. The lowest BCUT2D eigenvalue weighted by Crippen LogP contribution is -2.35. The predicted molar refractivity (Wildman–Crippen MR) is 80.7 cm³/mol. The van der Waals surface area contributed by atoms with Gasteiger partial charge >= 0.3 is 0 Å². The molecule has 5 heteroatoms. The highest BCUT2D eigenvalue weighted by atomic mass is 127. The van der Waals surface area contributed by atoms with Crippen LogP contribution < -0.4 is 4.74 Å². The second kappa shape index (κ2) is 5.90. The van der Waals surface area contributed by atoms with Crippen LogP contribution in [0.2, 0.25) is 0 Å². The molecule has 102 valence electrons. The number of carbonyl (C=O) groups is 1. The first kappa shape index (κ1) is 14.3. The molecule has 0 saturated carbocycles. The van der Waals surface area contributed by atoms with Gasteiger partial charge in [-0.2, -0.15) is 0 Å². The Morgan fingerprint density at radius 3 is 2.89 bits per heavy atom. The highest BCUT2D eigenvalue weighted by Crippen LogP contribution is 2.30. The first-order valence-corrected chi connectivity index (χ1v) is 7.33. The third-order valence-electron chi connectivity index (χ3n) is 3.01. The molecule has 1 unspecified atom stereocenters. The second-order valence-corrected chi connectivity index (χ2v) is 5.77. The summed E-state index contributed by atoms with van der Waals surface area (Å²) in [6, 6.07) is 4.73. The molecule has 1 aromatic rings. The fraction of sp³-hybridized carbons (Fsp3) is 0.357. The summed E-state index contributed by atoms with van der Waals surface area (Å²) in [6.07, 6.45) is 2.53. The first-order chi connectivity index (χ1) is 9.04. The van der Waals surface area contributed by atoms with E-state index < -0.39 is 0 Å². The monoisotopic (exact) mass is 375 g/mol. The van der Waals surface area contributed by atoms with Crippen LogP contribution in [0.5, 0.6) is 5.75 Å². The predicted octanol–water partition coefficient (Wildman–Crippen LogP) is 3.23. The number of benzene rings is 1. The van der Waals surface area contributed by atoms with E-state index in [1.165, 1.54) is 11.0 Å². The van der Waals surface area contributed by atoms with Gasteiger partial charge in [0, 0.05) is 24.4 Å². The molecule has 0 bridgehead atoms. The van der Waals surface area contributed by atoms with Gasteiger partial charge in [-0.1, -0.05) is 28.7 Å². The maximum atomic E-state index is 14.1. The van der Waals surface area contributed by atoms with E-state index in [0.29, 0.717) is 30.0 Å². The molecule has 1 atom stereocenters. The summed E-state index contributed by atoms with van der Waals surface area (Å²) in [5.74, 6) is 0.135. The summed E-state index contributed by atoms with van der Waals surface area (Å²) in [6.45, 7) is 2.35. The molecule has 1 aliphatic heterocycles. The van der Waals surface area contributed by atoms with Gasteiger partial charge in [-0.05, 0) is 25.5 Å². The number of halogens is 2. The number of allylic oxidation sites excluding steroid dienone is 1. The highest BCUT2D eigenvalue weighted by molar-refractivity contribution is 14.1. The number of carbonyl (C=O) groups excluding carboxylic acids is 1. The molecule has 0 radical (unpaired) electrons. The van der Waals surface area contributed by atoms with Crippen LogP contribution in [0.15, 0.2) is 24.3 Å². The van der Waals surface area contributed by atoms with Crippen molar-refractivity contribution in [3.8, 4) is 5.75 Å². The summed E-state index contributed by atoms with van der Waals surface area (Å²) in [4.78, 5) is 13.4. The Hall–Kier alpha value is -1.11. The van der Waals surface area contributed by atoms with E-state index in [-0.39, 0.29) is 15.6 Å². The number of nitrogens with zero attached hydrogens (tertiary/aromatic N) is 1. The van der Waals surface area contributed by atoms with Crippen molar-refractivity contribution in [1.82, 2.24) is 4.90 Å². The molecule has 1 aromatic carbocycles. The molecule has 0 fully saturated rings. The summed E-state index contributed by atoms with van der Waals surface area (Å²) >= 11 is 2.10. The zero-order valence-electron chi connectivity index (χ0n) is 10.8. The lowest BCUT2D eigenvalue weighted by molar-refractivity contribution is -0.126. The zero-order chi connectivity index (χ0) is 14.0. The van der Waals surface area contributed by atoms with Crippen LogP contribution >= 0.6 is 22.6 Å². The quantitative estimate of drug-likeness (QED) is 0.600. The van der Waals surface area contributed by atoms with Crippen LogP contribution in [-0.4, -0.2) is 28.4 Å². The van der Waals surface area contributed by atoms with E-state index in [1.807, 2.05) is 13.0 Å². The van der Waals surface area contributed by atoms with Gasteiger partial charge in [-0.3, -0.25) is 4.79 Å². The van der Waals surface area contributed by atoms with Crippen molar-refractivity contribution >= 4 is 34.2 Å². The summed E-state index contributed by atoms with van der Waals surface area (Å²) in [5.41, 5.74) is 1.06. The Kier molecular flexibility index (Phi) is 4.44. The molecular formula is C14H15FINO2. The first-order valence-electron chi connectivity index (χ1n) is 6.09. The molecule has 2 rings (SSSR count). The van der Waals surface area contributed by atoms with Crippen molar-refractivity contribution in [3.63, 3.8) is 0 Å². The van der Waals surface area contributed by atoms with E-state index in [9.17, 15) is 9.18 Å². The SMILES string of the molecule is CCOc1ccc(C2=CCC(I)C(=O)N2C)c(F)c1. The van der Waals surface area contributed by atoms with Crippen molar-refractivity contribution in [2.24, 2.45) is 0 Å². The lowest BCUT2D eigenvalue weighted by Gasteiger charge is -2.28. The Labute approximate surface area is 125 Å². The average molecular weight is 375 g/mol. The fourth-order valence-electron chi connectivity index (χ4n) is 2.03. The van der Waals surface area contributed by atoms with Gasteiger partial charge in [0.2, 0.25) is 5.91 Å². The molecule has 19 heavy (non-hydrogen) atoms.